The molecule has 8 heteroatoms. The summed E-state index contributed by atoms with van der Waals surface area (Å²) in [6, 6.07) is 12.3. The molecule has 0 spiro atoms. The van der Waals surface area contributed by atoms with Crippen LogP contribution in [0.1, 0.15) is 23.6 Å². The van der Waals surface area contributed by atoms with Crippen LogP contribution in [0.4, 0.5) is 0 Å². The number of nitrogens with one attached hydrogen (secondary N) is 1. The molecule has 146 valence electrons. The van der Waals surface area contributed by atoms with Gasteiger partial charge in [-0.3, -0.25) is 0 Å². The fourth-order valence-electron chi connectivity index (χ4n) is 3.74. The first-order valence-corrected chi connectivity index (χ1v) is 11.3. The summed E-state index contributed by atoms with van der Waals surface area (Å²) in [5.74, 6) is 0. The van der Waals surface area contributed by atoms with Crippen LogP contribution in [0.2, 0.25) is 15.1 Å². The Morgan fingerprint density at radius 3 is 2.39 bits per heavy atom. The number of hydrogen-bond acceptors (Lipinski definition) is 3. The topological polar surface area (TPSA) is 51.1 Å². The highest BCUT2D eigenvalue weighted by Crippen LogP contribution is 2.42. The van der Waals surface area contributed by atoms with Crippen molar-refractivity contribution in [3.63, 3.8) is 0 Å². The molecule has 1 heterocycles. The molecule has 0 aliphatic heterocycles. The lowest BCUT2D eigenvalue weighted by atomic mass is 10.1. The normalized spacial score (nSPS) is 16.4. The van der Waals surface area contributed by atoms with E-state index in [-0.39, 0.29) is 26.0 Å². The second-order valence-electron chi connectivity index (χ2n) is 6.66. The molecule has 1 aliphatic carbocycles. The van der Waals surface area contributed by atoms with Crippen LogP contribution in [0.25, 0.3) is 11.3 Å². The highest BCUT2D eigenvalue weighted by molar-refractivity contribution is 7.90. The van der Waals surface area contributed by atoms with E-state index in [0.29, 0.717) is 5.69 Å². The van der Waals surface area contributed by atoms with Gasteiger partial charge in [0.25, 0.3) is 10.0 Å². The van der Waals surface area contributed by atoms with Gasteiger partial charge in [0, 0.05) is 12.2 Å². The molecule has 4 nitrogen and oxygen atoms in total. The summed E-state index contributed by atoms with van der Waals surface area (Å²) in [7, 11) is -2.10. The zero-order chi connectivity index (χ0) is 20.1. The van der Waals surface area contributed by atoms with Crippen molar-refractivity contribution in [3.8, 4) is 11.3 Å². The summed E-state index contributed by atoms with van der Waals surface area (Å²) in [6.45, 7) is 0. The molecule has 0 radical (unpaired) electrons. The minimum Gasteiger partial charge on any atom is -0.313 e. The highest BCUT2D eigenvalue weighted by Gasteiger charge is 2.33. The summed E-state index contributed by atoms with van der Waals surface area (Å²) in [5.41, 5.74) is 3.52. The fourth-order valence-corrected chi connectivity index (χ4v) is 6.14. The zero-order valence-electron chi connectivity index (χ0n) is 14.9. The summed E-state index contributed by atoms with van der Waals surface area (Å²) < 4.78 is 28.5. The van der Waals surface area contributed by atoms with Gasteiger partial charge < -0.3 is 5.32 Å². The lowest BCUT2D eigenvalue weighted by Crippen LogP contribution is -2.16. The van der Waals surface area contributed by atoms with E-state index >= 15 is 0 Å². The quantitative estimate of drug-likeness (QED) is 0.524. The van der Waals surface area contributed by atoms with Crippen LogP contribution < -0.4 is 5.32 Å². The Labute approximate surface area is 179 Å². The molecule has 28 heavy (non-hydrogen) atoms. The van der Waals surface area contributed by atoms with Crippen molar-refractivity contribution in [1.82, 2.24) is 9.29 Å². The maximum atomic E-state index is 13.6. The molecule has 1 unspecified atom stereocenters. The van der Waals surface area contributed by atoms with Gasteiger partial charge in [-0.25, -0.2) is 12.4 Å². The largest absolute Gasteiger partial charge is 0.313 e. The third-order valence-corrected chi connectivity index (χ3v) is 7.92. The van der Waals surface area contributed by atoms with Crippen LogP contribution in [-0.4, -0.2) is 19.4 Å². The average molecular weight is 456 g/mol. The number of rotatable bonds is 4. The smallest absolute Gasteiger partial charge is 0.269 e. The number of aromatic nitrogens is 1. The van der Waals surface area contributed by atoms with Gasteiger partial charge >= 0.3 is 0 Å². The van der Waals surface area contributed by atoms with E-state index < -0.39 is 10.0 Å². The molecule has 0 saturated heterocycles. The Kier molecular flexibility index (Phi) is 5.23. The van der Waals surface area contributed by atoms with Gasteiger partial charge in [0.05, 0.1) is 20.8 Å². The van der Waals surface area contributed by atoms with Crippen molar-refractivity contribution in [1.29, 1.82) is 0 Å². The van der Waals surface area contributed by atoms with Crippen molar-refractivity contribution in [2.24, 2.45) is 0 Å². The molecule has 0 saturated carbocycles. The van der Waals surface area contributed by atoms with Gasteiger partial charge in [-0.15, -0.1) is 0 Å². The van der Waals surface area contributed by atoms with E-state index in [2.05, 4.69) is 5.32 Å². The Bertz CT molecular complexity index is 1160. The van der Waals surface area contributed by atoms with Gasteiger partial charge in [0.15, 0.2) is 0 Å². The van der Waals surface area contributed by atoms with Crippen LogP contribution >= 0.6 is 34.8 Å². The Balaban J connectivity index is 1.99. The molecule has 1 atom stereocenters. The van der Waals surface area contributed by atoms with E-state index in [9.17, 15) is 8.42 Å². The number of nitrogens with zero attached hydrogens (tertiary/aromatic N) is 1. The molecule has 0 fully saturated rings. The first-order valence-electron chi connectivity index (χ1n) is 8.71. The molecular formula is C20H17Cl3N2O2S. The van der Waals surface area contributed by atoms with Crippen molar-refractivity contribution >= 4 is 44.8 Å². The Hall–Kier alpha value is -1.50. The predicted octanol–water partition coefficient (Wildman–Crippen LogP) is 5.56. The van der Waals surface area contributed by atoms with E-state index in [4.69, 9.17) is 34.8 Å². The summed E-state index contributed by atoms with van der Waals surface area (Å²) in [4.78, 5) is -0.0737. The number of halogens is 3. The van der Waals surface area contributed by atoms with E-state index in [1.807, 2.05) is 37.4 Å². The van der Waals surface area contributed by atoms with Crippen molar-refractivity contribution in [3.05, 3.63) is 74.9 Å². The van der Waals surface area contributed by atoms with Gasteiger partial charge in [-0.2, -0.15) is 0 Å². The van der Waals surface area contributed by atoms with Crippen LogP contribution in [0.5, 0.6) is 0 Å². The molecule has 1 aliphatic rings. The number of fused-ring (bicyclic) bond motifs is 1. The number of benzene rings is 2. The standard InChI is InChI=1S/C20H17Cl3N2O2S/c1-24-18-8-7-13-14(18)11-25(20(13)12-5-3-2-4-6-12)28(26,27)19-10-16(22)15(21)9-17(19)23/h2-6,9-11,18,24H,7-8H2,1H3. The monoisotopic (exact) mass is 454 g/mol. The Morgan fingerprint density at radius 1 is 1.04 bits per heavy atom. The van der Waals surface area contributed by atoms with Crippen LogP contribution in [-0.2, 0) is 16.4 Å². The molecule has 1 aromatic heterocycles. The minimum absolute atomic E-state index is 0.0347. The van der Waals surface area contributed by atoms with Gasteiger partial charge in [0.1, 0.15) is 4.90 Å². The zero-order valence-corrected chi connectivity index (χ0v) is 18.0. The summed E-state index contributed by atoms with van der Waals surface area (Å²) in [5, 5.41) is 3.64. The van der Waals surface area contributed by atoms with Crippen LogP contribution in [0, 0.1) is 0 Å². The highest BCUT2D eigenvalue weighted by atomic mass is 35.5. The van der Waals surface area contributed by atoms with Gasteiger partial charge in [-0.1, -0.05) is 65.1 Å². The average Bonchev–Trinajstić information content (AvgIpc) is 3.24. The third-order valence-electron chi connectivity index (χ3n) is 5.08. The molecule has 3 aromatic rings. The SMILES string of the molecule is CNC1CCc2c1cn(S(=O)(=O)c1cc(Cl)c(Cl)cc1Cl)c2-c1ccccc1. The van der Waals surface area contributed by atoms with E-state index in [0.717, 1.165) is 29.5 Å². The summed E-state index contributed by atoms with van der Waals surface area (Å²) in [6.07, 6.45) is 3.41. The first kappa shape index (κ1) is 19.8. The molecular weight excluding hydrogens is 439 g/mol. The van der Waals surface area contributed by atoms with E-state index in [1.165, 1.54) is 16.1 Å². The summed E-state index contributed by atoms with van der Waals surface area (Å²) >= 11 is 18.3. The van der Waals surface area contributed by atoms with Crippen molar-refractivity contribution < 1.29 is 8.42 Å². The van der Waals surface area contributed by atoms with E-state index in [1.54, 1.807) is 6.20 Å². The second-order valence-corrected chi connectivity index (χ2v) is 9.66. The van der Waals surface area contributed by atoms with Crippen molar-refractivity contribution in [2.75, 3.05) is 7.05 Å². The number of hydrogen-bond donors (Lipinski definition) is 1. The molecule has 0 amide bonds. The molecule has 2 aromatic carbocycles. The second kappa shape index (κ2) is 7.39. The van der Waals surface area contributed by atoms with Gasteiger partial charge in [0.2, 0.25) is 0 Å². The van der Waals surface area contributed by atoms with Crippen LogP contribution in [0.3, 0.4) is 0 Å². The predicted molar refractivity (Wildman–Crippen MR) is 114 cm³/mol. The third kappa shape index (κ3) is 3.15. The molecule has 1 N–H and O–H groups in total. The Morgan fingerprint density at radius 2 is 1.71 bits per heavy atom. The van der Waals surface area contributed by atoms with Crippen LogP contribution in [0.15, 0.2) is 53.6 Å². The van der Waals surface area contributed by atoms with Gasteiger partial charge in [-0.05, 0) is 48.7 Å². The lowest BCUT2D eigenvalue weighted by molar-refractivity contribution is 0.579. The first-order chi connectivity index (χ1) is 13.3. The maximum Gasteiger partial charge on any atom is 0.269 e. The minimum atomic E-state index is -3.98. The molecule has 0 bridgehead atoms. The van der Waals surface area contributed by atoms with Crippen molar-refractivity contribution in [2.45, 2.75) is 23.8 Å². The fraction of sp³-hybridized carbons (Fsp3) is 0.200. The lowest BCUT2D eigenvalue weighted by Gasteiger charge is -2.14. The molecule has 4 rings (SSSR count). The maximum absolute atomic E-state index is 13.6.